The average molecular weight is 296 g/mol. The standard InChI is InChI=1S/C14H11F3N2O2/c15-14(16,17)9-4-1-3-8(7-9)12-18-13(21-19-12)10-5-2-6-11(10)20/h1,3-4,7,10H,2,5-6H2. The van der Waals surface area contributed by atoms with Gasteiger partial charge in [-0.1, -0.05) is 17.3 Å². The van der Waals surface area contributed by atoms with E-state index in [1.165, 1.54) is 12.1 Å². The lowest BCUT2D eigenvalue weighted by molar-refractivity contribution is -0.137. The molecule has 1 aliphatic carbocycles. The molecule has 0 N–H and O–H groups in total. The van der Waals surface area contributed by atoms with Gasteiger partial charge in [-0.3, -0.25) is 4.79 Å². The predicted octanol–water partition coefficient (Wildman–Crippen LogP) is 3.59. The van der Waals surface area contributed by atoms with E-state index in [-0.39, 0.29) is 23.1 Å². The Bertz CT molecular complexity index is 679. The number of rotatable bonds is 2. The van der Waals surface area contributed by atoms with Crippen LogP contribution in [0.2, 0.25) is 0 Å². The zero-order valence-corrected chi connectivity index (χ0v) is 10.9. The molecule has 0 amide bonds. The highest BCUT2D eigenvalue weighted by molar-refractivity contribution is 5.86. The van der Waals surface area contributed by atoms with Gasteiger partial charge in [0, 0.05) is 12.0 Å². The first kappa shape index (κ1) is 13.8. The molecule has 1 aromatic carbocycles. The molecule has 0 spiro atoms. The lowest BCUT2D eigenvalue weighted by Crippen LogP contribution is -2.05. The molecule has 1 atom stereocenters. The quantitative estimate of drug-likeness (QED) is 0.849. The van der Waals surface area contributed by atoms with E-state index in [9.17, 15) is 18.0 Å². The topological polar surface area (TPSA) is 56.0 Å². The minimum absolute atomic E-state index is 0.0363. The maximum atomic E-state index is 12.7. The van der Waals surface area contributed by atoms with Gasteiger partial charge in [-0.25, -0.2) is 0 Å². The molecule has 0 aliphatic heterocycles. The van der Waals surface area contributed by atoms with Gasteiger partial charge in [-0.15, -0.1) is 0 Å². The van der Waals surface area contributed by atoms with Gasteiger partial charge in [0.25, 0.3) is 0 Å². The number of Topliss-reactive ketones (excluding diaryl/α,β-unsaturated/α-hetero) is 1. The molecular weight excluding hydrogens is 285 g/mol. The lowest BCUT2D eigenvalue weighted by Gasteiger charge is -2.06. The van der Waals surface area contributed by atoms with Crippen LogP contribution in [-0.4, -0.2) is 15.9 Å². The van der Waals surface area contributed by atoms with Crippen molar-refractivity contribution in [2.45, 2.75) is 31.4 Å². The number of carbonyl (C=O) groups is 1. The minimum Gasteiger partial charge on any atom is -0.338 e. The summed E-state index contributed by atoms with van der Waals surface area (Å²) in [6, 6.07) is 4.70. The number of carbonyl (C=O) groups excluding carboxylic acids is 1. The van der Waals surface area contributed by atoms with Crippen molar-refractivity contribution in [2.24, 2.45) is 0 Å². The van der Waals surface area contributed by atoms with Crippen LogP contribution in [0.4, 0.5) is 13.2 Å². The Hall–Kier alpha value is -2.18. The third-order valence-corrected chi connectivity index (χ3v) is 3.49. The van der Waals surface area contributed by atoms with Crippen molar-refractivity contribution >= 4 is 5.78 Å². The minimum atomic E-state index is -4.43. The maximum Gasteiger partial charge on any atom is 0.416 e. The second-order valence-electron chi connectivity index (χ2n) is 4.95. The number of aromatic nitrogens is 2. The summed E-state index contributed by atoms with van der Waals surface area (Å²) >= 11 is 0. The molecule has 2 aromatic rings. The van der Waals surface area contributed by atoms with Crippen molar-refractivity contribution in [3.05, 3.63) is 35.7 Å². The summed E-state index contributed by atoms with van der Waals surface area (Å²) in [5.41, 5.74) is -0.562. The zero-order valence-electron chi connectivity index (χ0n) is 10.9. The smallest absolute Gasteiger partial charge is 0.338 e. The molecule has 1 unspecified atom stereocenters. The van der Waals surface area contributed by atoms with E-state index in [0.717, 1.165) is 18.6 Å². The van der Waals surface area contributed by atoms with E-state index in [1.807, 2.05) is 0 Å². The molecule has 1 heterocycles. The van der Waals surface area contributed by atoms with E-state index in [4.69, 9.17) is 4.52 Å². The molecule has 0 radical (unpaired) electrons. The Balaban J connectivity index is 1.91. The van der Waals surface area contributed by atoms with Crippen molar-refractivity contribution < 1.29 is 22.5 Å². The number of benzene rings is 1. The summed E-state index contributed by atoms with van der Waals surface area (Å²) in [7, 11) is 0. The van der Waals surface area contributed by atoms with Gasteiger partial charge in [0.05, 0.1) is 11.5 Å². The molecule has 1 aromatic heterocycles. The van der Waals surface area contributed by atoms with Crippen molar-refractivity contribution in [1.29, 1.82) is 0 Å². The van der Waals surface area contributed by atoms with Crippen LogP contribution in [0.5, 0.6) is 0 Å². The van der Waals surface area contributed by atoms with Gasteiger partial charge in [0.15, 0.2) is 0 Å². The van der Waals surface area contributed by atoms with E-state index < -0.39 is 17.7 Å². The first-order valence-corrected chi connectivity index (χ1v) is 6.49. The lowest BCUT2D eigenvalue weighted by atomic mass is 10.1. The summed E-state index contributed by atoms with van der Waals surface area (Å²) in [5.74, 6) is -0.132. The maximum absolute atomic E-state index is 12.7. The van der Waals surface area contributed by atoms with Crippen LogP contribution in [0.25, 0.3) is 11.4 Å². The monoisotopic (exact) mass is 296 g/mol. The molecule has 7 heteroatoms. The number of halogens is 3. The number of hydrogen-bond acceptors (Lipinski definition) is 4. The van der Waals surface area contributed by atoms with Crippen LogP contribution in [0, 0.1) is 0 Å². The molecule has 110 valence electrons. The Kier molecular flexibility index (Phi) is 3.27. The van der Waals surface area contributed by atoms with Crippen molar-refractivity contribution in [3.8, 4) is 11.4 Å². The first-order chi connectivity index (χ1) is 9.95. The largest absolute Gasteiger partial charge is 0.416 e. The number of hydrogen-bond donors (Lipinski definition) is 0. The SMILES string of the molecule is O=C1CCCC1c1nc(-c2cccc(C(F)(F)F)c2)no1. The zero-order chi connectivity index (χ0) is 15.0. The highest BCUT2D eigenvalue weighted by Crippen LogP contribution is 2.33. The number of alkyl halides is 3. The summed E-state index contributed by atoms with van der Waals surface area (Å²) in [5, 5.41) is 3.68. The van der Waals surface area contributed by atoms with Crippen LogP contribution in [0.3, 0.4) is 0 Å². The average Bonchev–Trinajstić information content (AvgIpc) is 3.06. The van der Waals surface area contributed by atoms with Crippen LogP contribution in [0.1, 0.15) is 36.6 Å². The van der Waals surface area contributed by atoms with Crippen LogP contribution < -0.4 is 0 Å². The molecule has 1 saturated carbocycles. The normalized spacial score (nSPS) is 19.2. The Morgan fingerprint density at radius 1 is 1.29 bits per heavy atom. The molecular formula is C14H11F3N2O2. The summed E-state index contributed by atoms with van der Waals surface area (Å²) in [6.45, 7) is 0. The first-order valence-electron chi connectivity index (χ1n) is 6.49. The third kappa shape index (κ3) is 2.68. The molecule has 1 aliphatic rings. The Labute approximate surface area is 118 Å². The summed E-state index contributed by atoms with van der Waals surface area (Å²) in [4.78, 5) is 15.7. The van der Waals surface area contributed by atoms with Crippen molar-refractivity contribution in [2.75, 3.05) is 0 Å². The van der Waals surface area contributed by atoms with Gasteiger partial charge in [0.2, 0.25) is 11.7 Å². The fourth-order valence-corrected chi connectivity index (χ4v) is 2.41. The van der Waals surface area contributed by atoms with Gasteiger partial charge in [0.1, 0.15) is 5.78 Å². The molecule has 0 bridgehead atoms. The fraction of sp³-hybridized carbons (Fsp3) is 0.357. The second kappa shape index (κ2) is 4.98. The highest BCUT2D eigenvalue weighted by Gasteiger charge is 2.32. The van der Waals surface area contributed by atoms with Crippen LogP contribution >= 0.6 is 0 Å². The third-order valence-electron chi connectivity index (χ3n) is 3.49. The van der Waals surface area contributed by atoms with Gasteiger partial charge >= 0.3 is 6.18 Å². The summed E-state index contributed by atoms with van der Waals surface area (Å²) in [6.07, 6.45) is -2.54. The number of ketones is 1. The van der Waals surface area contributed by atoms with Crippen LogP contribution in [-0.2, 0) is 11.0 Å². The fourth-order valence-electron chi connectivity index (χ4n) is 2.41. The van der Waals surface area contributed by atoms with Crippen LogP contribution in [0.15, 0.2) is 28.8 Å². The molecule has 1 fully saturated rings. The molecule has 3 rings (SSSR count). The van der Waals surface area contributed by atoms with Crippen molar-refractivity contribution in [3.63, 3.8) is 0 Å². The van der Waals surface area contributed by atoms with Crippen molar-refractivity contribution in [1.82, 2.24) is 10.1 Å². The Morgan fingerprint density at radius 3 is 2.76 bits per heavy atom. The van der Waals surface area contributed by atoms with E-state index in [0.29, 0.717) is 12.8 Å². The van der Waals surface area contributed by atoms with E-state index >= 15 is 0 Å². The number of nitrogens with zero attached hydrogens (tertiary/aromatic N) is 2. The van der Waals surface area contributed by atoms with Gasteiger partial charge in [-0.2, -0.15) is 18.2 Å². The Morgan fingerprint density at radius 2 is 2.10 bits per heavy atom. The molecule has 21 heavy (non-hydrogen) atoms. The molecule has 4 nitrogen and oxygen atoms in total. The molecule has 0 saturated heterocycles. The van der Waals surface area contributed by atoms with Gasteiger partial charge in [-0.05, 0) is 25.0 Å². The second-order valence-corrected chi connectivity index (χ2v) is 4.95. The van der Waals surface area contributed by atoms with E-state index in [2.05, 4.69) is 10.1 Å². The summed E-state index contributed by atoms with van der Waals surface area (Å²) < 4.78 is 43.1. The van der Waals surface area contributed by atoms with Gasteiger partial charge < -0.3 is 4.52 Å². The van der Waals surface area contributed by atoms with E-state index in [1.54, 1.807) is 0 Å². The highest BCUT2D eigenvalue weighted by atomic mass is 19.4. The predicted molar refractivity (Wildman–Crippen MR) is 66.3 cm³/mol.